The summed E-state index contributed by atoms with van der Waals surface area (Å²) < 4.78 is 10.0. The van der Waals surface area contributed by atoms with Gasteiger partial charge in [-0.3, -0.25) is 4.79 Å². The Morgan fingerprint density at radius 1 is 1.47 bits per heavy atom. The van der Waals surface area contributed by atoms with Crippen LogP contribution in [0.2, 0.25) is 0 Å². The highest BCUT2D eigenvalue weighted by Gasteiger charge is 2.12. The predicted molar refractivity (Wildman–Crippen MR) is 55.6 cm³/mol. The Morgan fingerprint density at radius 2 is 2.27 bits per heavy atom. The van der Waals surface area contributed by atoms with Crippen LogP contribution in [0, 0.1) is 0 Å². The molecule has 0 unspecified atom stereocenters. The van der Waals surface area contributed by atoms with Gasteiger partial charge in [-0.05, 0) is 6.07 Å². The van der Waals surface area contributed by atoms with Crippen molar-refractivity contribution in [3.63, 3.8) is 0 Å². The Bertz CT molecular complexity index is 475. The molecule has 4 heteroatoms. The lowest BCUT2D eigenvalue weighted by atomic mass is 10.2. The van der Waals surface area contributed by atoms with Gasteiger partial charge >= 0.3 is 0 Å². The summed E-state index contributed by atoms with van der Waals surface area (Å²) in [6.45, 7) is 0.193. The molecular weight excluding hydrogens is 194 g/mol. The number of benzene rings is 1. The first kappa shape index (κ1) is 9.73. The Morgan fingerprint density at radius 3 is 3.07 bits per heavy atom. The number of carbonyl (C=O) groups excluding carboxylic acids is 1. The normalized spacial score (nSPS) is 10.5. The molecule has 0 spiro atoms. The monoisotopic (exact) mass is 205 g/mol. The maximum Gasteiger partial charge on any atom is 0.256 e. The minimum Gasteiger partial charge on any atom is -0.463 e. The highest BCUT2D eigenvalue weighted by molar-refractivity contribution is 6.05. The molecule has 1 N–H and O–H groups in total. The van der Waals surface area contributed by atoms with Crippen molar-refractivity contribution in [1.82, 2.24) is 5.32 Å². The molecule has 0 bridgehead atoms. The van der Waals surface area contributed by atoms with Crippen LogP contribution >= 0.6 is 0 Å². The number of furan rings is 1. The van der Waals surface area contributed by atoms with E-state index in [4.69, 9.17) is 9.15 Å². The zero-order valence-corrected chi connectivity index (χ0v) is 8.32. The Hall–Kier alpha value is -1.81. The van der Waals surface area contributed by atoms with Gasteiger partial charge in [0.1, 0.15) is 18.6 Å². The quantitative estimate of drug-likeness (QED) is 0.777. The first-order valence-corrected chi connectivity index (χ1v) is 4.56. The van der Waals surface area contributed by atoms with Crippen molar-refractivity contribution >= 4 is 16.9 Å². The molecule has 1 aromatic heterocycles. The Labute approximate surface area is 86.8 Å². The van der Waals surface area contributed by atoms with Crippen molar-refractivity contribution in [3.05, 3.63) is 36.1 Å². The summed E-state index contributed by atoms with van der Waals surface area (Å²) in [7, 11) is 1.52. The fourth-order valence-corrected chi connectivity index (χ4v) is 1.39. The highest BCUT2D eigenvalue weighted by atomic mass is 16.5. The first-order valence-electron chi connectivity index (χ1n) is 4.56. The number of amides is 1. The van der Waals surface area contributed by atoms with E-state index in [2.05, 4.69) is 5.32 Å². The van der Waals surface area contributed by atoms with E-state index in [0.717, 1.165) is 5.39 Å². The average Bonchev–Trinajstić information content (AvgIpc) is 2.69. The third-order valence-corrected chi connectivity index (χ3v) is 2.10. The molecule has 0 atom stereocenters. The van der Waals surface area contributed by atoms with Crippen LogP contribution in [-0.2, 0) is 4.74 Å². The fraction of sp³-hybridized carbons (Fsp3) is 0.182. The van der Waals surface area contributed by atoms with Crippen LogP contribution in [0.25, 0.3) is 11.0 Å². The van der Waals surface area contributed by atoms with Crippen molar-refractivity contribution in [1.29, 1.82) is 0 Å². The molecule has 0 fully saturated rings. The van der Waals surface area contributed by atoms with Crippen LogP contribution in [0.4, 0.5) is 0 Å². The molecule has 0 radical (unpaired) electrons. The van der Waals surface area contributed by atoms with E-state index in [1.54, 1.807) is 0 Å². The maximum absolute atomic E-state index is 11.6. The topological polar surface area (TPSA) is 51.5 Å². The standard InChI is InChI=1S/C11H11NO3/c1-14-7-12-11(13)9-6-15-10-5-3-2-4-8(9)10/h2-6H,7H2,1H3,(H,12,13). The summed E-state index contributed by atoms with van der Waals surface area (Å²) in [4.78, 5) is 11.6. The van der Waals surface area contributed by atoms with Crippen LogP contribution < -0.4 is 5.32 Å². The fourth-order valence-electron chi connectivity index (χ4n) is 1.39. The van der Waals surface area contributed by atoms with Crippen LogP contribution in [0.1, 0.15) is 10.4 Å². The smallest absolute Gasteiger partial charge is 0.256 e. The van der Waals surface area contributed by atoms with E-state index < -0.39 is 0 Å². The van der Waals surface area contributed by atoms with Crippen molar-refractivity contribution in [2.75, 3.05) is 13.8 Å². The van der Waals surface area contributed by atoms with E-state index in [1.165, 1.54) is 13.4 Å². The Kier molecular flexibility index (Phi) is 2.69. The van der Waals surface area contributed by atoms with Gasteiger partial charge in [-0.1, -0.05) is 18.2 Å². The molecule has 15 heavy (non-hydrogen) atoms. The lowest BCUT2D eigenvalue weighted by Gasteiger charge is -2.00. The van der Waals surface area contributed by atoms with Crippen LogP contribution in [0.5, 0.6) is 0 Å². The molecule has 4 nitrogen and oxygen atoms in total. The summed E-state index contributed by atoms with van der Waals surface area (Å²) >= 11 is 0. The number of rotatable bonds is 3. The number of para-hydroxylation sites is 1. The molecule has 0 aliphatic carbocycles. The van der Waals surface area contributed by atoms with E-state index in [-0.39, 0.29) is 12.6 Å². The number of fused-ring (bicyclic) bond motifs is 1. The molecule has 1 aromatic carbocycles. The van der Waals surface area contributed by atoms with Gasteiger partial charge in [-0.25, -0.2) is 0 Å². The minimum atomic E-state index is -0.193. The van der Waals surface area contributed by atoms with E-state index in [1.807, 2.05) is 24.3 Å². The number of methoxy groups -OCH3 is 1. The van der Waals surface area contributed by atoms with E-state index in [0.29, 0.717) is 11.1 Å². The molecule has 1 amide bonds. The van der Waals surface area contributed by atoms with Gasteiger partial charge in [-0.15, -0.1) is 0 Å². The lowest BCUT2D eigenvalue weighted by molar-refractivity contribution is 0.0873. The van der Waals surface area contributed by atoms with Gasteiger partial charge in [-0.2, -0.15) is 0 Å². The molecule has 78 valence electrons. The van der Waals surface area contributed by atoms with Crippen molar-refractivity contribution in [2.24, 2.45) is 0 Å². The number of nitrogens with one attached hydrogen (secondary N) is 1. The zero-order valence-electron chi connectivity index (χ0n) is 8.32. The molecule has 0 aliphatic rings. The summed E-state index contributed by atoms with van der Waals surface area (Å²) in [6, 6.07) is 7.40. The predicted octanol–water partition coefficient (Wildman–Crippen LogP) is 1.77. The summed E-state index contributed by atoms with van der Waals surface area (Å²) in [5.74, 6) is -0.193. The van der Waals surface area contributed by atoms with Crippen LogP contribution in [0.3, 0.4) is 0 Å². The summed E-state index contributed by atoms with van der Waals surface area (Å²) in [5, 5.41) is 3.42. The first-order chi connectivity index (χ1) is 7.33. The van der Waals surface area contributed by atoms with Gasteiger partial charge in [0, 0.05) is 12.5 Å². The van der Waals surface area contributed by atoms with Gasteiger partial charge in [0.2, 0.25) is 0 Å². The van der Waals surface area contributed by atoms with Crippen molar-refractivity contribution in [2.45, 2.75) is 0 Å². The molecular formula is C11H11NO3. The number of ether oxygens (including phenoxy) is 1. The summed E-state index contributed by atoms with van der Waals surface area (Å²) in [5.41, 5.74) is 1.24. The number of hydrogen-bond donors (Lipinski definition) is 1. The molecule has 2 rings (SSSR count). The minimum absolute atomic E-state index is 0.193. The lowest BCUT2D eigenvalue weighted by Crippen LogP contribution is -2.24. The molecule has 0 saturated carbocycles. The SMILES string of the molecule is COCNC(=O)c1coc2ccccc12. The number of hydrogen-bond acceptors (Lipinski definition) is 3. The van der Waals surface area contributed by atoms with Crippen LogP contribution in [0.15, 0.2) is 34.9 Å². The van der Waals surface area contributed by atoms with Crippen molar-refractivity contribution in [3.8, 4) is 0 Å². The van der Waals surface area contributed by atoms with Crippen LogP contribution in [-0.4, -0.2) is 19.7 Å². The molecule has 0 saturated heterocycles. The van der Waals surface area contributed by atoms with E-state index >= 15 is 0 Å². The molecule has 2 aromatic rings. The maximum atomic E-state index is 11.6. The molecule has 1 heterocycles. The van der Waals surface area contributed by atoms with Crippen molar-refractivity contribution < 1.29 is 13.9 Å². The third-order valence-electron chi connectivity index (χ3n) is 2.10. The zero-order chi connectivity index (χ0) is 10.7. The average molecular weight is 205 g/mol. The summed E-state index contributed by atoms with van der Waals surface area (Å²) in [6.07, 6.45) is 1.45. The van der Waals surface area contributed by atoms with Gasteiger partial charge in [0.25, 0.3) is 5.91 Å². The highest BCUT2D eigenvalue weighted by Crippen LogP contribution is 2.20. The van der Waals surface area contributed by atoms with E-state index in [9.17, 15) is 4.79 Å². The Balaban J connectivity index is 2.31. The second kappa shape index (κ2) is 4.14. The second-order valence-corrected chi connectivity index (χ2v) is 3.08. The van der Waals surface area contributed by atoms with Gasteiger partial charge in [0.15, 0.2) is 0 Å². The largest absolute Gasteiger partial charge is 0.463 e. The second-order valence-electron chi connectivity index (χ2n) is 3.08. The number of carbonyl (C=O) groups is 1. The van der Waals surface area contributed by atoms with Gasteiger partial charge in [0.05, 0.1) is 5.56 Å². The molecule has 0 aliphatic heterocycles. The van der Waals surface area contributed by atoms with Gasteiger partial charge < -0.3 is 14.5 Å². The third kappa shape index (κ3) is 1.85.